The molecule has 4 nitrogen and oxygen atoms in total. The summed E-state index contributed by atoms with van der Waals surface area (Å²) in [6, 6.07) is 11.6. The minimum atomic E-state index is -4.46. The van der Waals surface area contributed by atoms with Crippen LogP contribution in [0.15, 0.2) is 48.5 Å². The average Bonchev–Trinajstić information content (AvgIpc) is 2.72. The molecule has 1 amide bonds. The Kier molecular flexibility index (Phi) is 6.74. The molecule has 1 saturated heterocycles. The van der Waals surface area contributed by atoms with Crippen molar-refractivity contribution in [2.75, 3.05) is 25.0 Å². The monoisotopic (exact) mass is 422 g/mol. The van der Waals surface area contributed by atoms with Gasteiger partial charge in [0.25, 0.3) is 5.91 Å². The minimum absolute atomic E-state index is 0.0654. The fourth-order valence-corrected chi connectivity index (χ4v) is 3.41. The summed E-state index contributed by atoms with van der Waals surface area (Å²) in [7, 11) is 0. The summed E-state index contributed by atoms with van der Waals surface area (Å²) in [4.78, 5) is 15.0. The second-order valence-corrected chi connectivity index (χ2v) is 7.18. The van der Waals surface area contributed by atoms with Gasteiger partial charge in [-0.2, -0.15) is 13.2 Å². The molecule has 0 radical (unpaired) electrons. The van der Waals surface area contributed by atoms with E-state index < -0.39 is 17.6 Å². The number of benzene rings is 2. The summed E-state index contributed by atoms with van der Waals surface area (Å²) < 4.78 is 43.6. The Bertz CT molecular complexity index is 863. The number of hydrogen-bond donors (Lipinski definition) is 1. The molecule has 1 heterocycles. The zero-order chi connectivity index (χ0) is 20.9. The fraction of sp³-hybridized carbons (Fsp3) is 0.333. The SMILES string of the molecule is O=C(COc1ccc(C(=S)N2CCCCC2)cc1)Nc1cccc(C(F)(F)F)c1. The first-order valence-electron chi connectivity index (χ1n) is 9.32. The van der Waals surface area contributed by atoms with Crippen LogP contribution in [0.2, 0.25) is 0 Å². The van der Waals surface area contributed by atoms with Gasteiger partial charge in [0.1, 0.15) is 10.7 Å². The largest absolute Gasteiger partial charge is 0.484 e. The number of carbonyl (C=O) groups excluding carboxylic acids is 1. The van der Waals surface area contributed by atoms with E-state index in [1.54, 1.807) is 12.1 Å². The van der Waals surface area contributed by atoms with Crippen molar-refractivity contribution in [2.45, 2.75) is 25.4 Å². The quantitative estimate of drug-likeness (QED) is 0.697. The van der Waals surface area contributed by atoms with Crippen LogP contribution in [0.4, 0.5) is 18.9 Å². The van der Waals surface area contributed by atoms with Gasteiger partial charge in [0, 0.05) is 24.3 Å². The molecule has 1 aliphatic heterocycles. The van der Waals surface area contributed by atoms with Crippen LogP contribution in [0.3, 0.4) is 0 Å². The molecule has 0 aromatic heterocycles. The molecule has 0 unspecified atom stereocenters. The number of nitrogens with one attached hydrogen (secondary N) is 1. The highest BCUT2D eigenvalue weighted by atomic mass is 32.1. The van der Waals surface area contributed by atoms with Crippen LogP contribution in [0.1, 0.15) is 30.4 Å². The molecular weight excluding hydrogens is 401 g/mol. The molecule has 0 aliphatic carbocycles. The van der Waals surface area contributed by atoms with E-state index in [0.29, 0.717) is 5.75 Å². The molecule has 3 rings (SSSR count). The molecule has 0 spiro atoms. The van der Waals surface area contributed by atoms with Crippen molar-refractivity contribution in [3.8, 4) is 5.75 Å². The van der Waals surface area contributed by atoms with Crippen LogP contribution < -0.4 is 10.1 Å². The number of anilines is 1. The molecule has 29 heavy (non-hydrogen) atoms. The van der Waals surface area contributed by atoms with Crippen molar-refractivity contribution in [1.29, 1.82) is 0 Å². The van der Waals surface area contributed by atoms with Gasteiger partial charge >= 0.3 is 6.18 Å². The molecule has 1 fully saturated rings. The number of amides is 1. The number of ether oxygens (including phenoxy) is 1. The van der Waals surface area contributed by atoms with Gasteiger partial charge in [-0.15, -0.1) is 0 Å². The number of hydrogen-bond acceptors (Lipinski definition) is 3. The Labute approximate surface area is 172 Å². The molecule has 8 heteroatoms. The normalized spacial score (nSPS) is 14.4. The summed E-state index contributed by atoms with van der Waals surface area (Å²) in [6.45, 7) is 1.62. The second-order valence-electron chi connectivity index (χ2n) is 6.79. The highest BCUT2D eigenvalue weighted by Crippen LogP contribution is 2.30. The van der Waals surface area contributed by atoms with Gasteiger partial charge in [0.2, 0.25) is 0 Å². The van der Waals surface area contributed by atoms with E-state index in [2.05, 4.69) is 10.2 Å². The first kappa shape index (κ1) is 21.1. The third kappa shape index (κ3) is 5.93. The Balaban J connectivity index is 1.52. The lowest BCUT2D eigenvalue weighted by Gasteiger charge is -2.29. The van der Waals surface area contributed by atoms with Crippen LogP contribution in [0.5, 0.6) is 5.75 Å². The van der Waals surface area contributed by atoms with Crippen LogP contribution in [-0.2, 0) is 11.0 Å². The highest BCUT2D eigenvalue weighted by Gasteiger charge is 2.30. The maximum atomic E-state index is 12.7. The molecular formula is C21H21F3N2O2S. The van der Waals surface area contributed by atoms with Crippen LogP contribution >= 0.6 is 12.2 Å². The fourth-order valence-electron chi connectivity index (χ4n) is 3.09. The summed E-state index contributed by atoms with van der Waals surface area (Å²) >= 11 is 5.54. The van der Waals surface area contributed by atoms with E-state index in [0.717, 1.165) is 48.6 Å². The lowest BCUT2D eigenvalue weighted by molar-refractivity contribution is -0.137. The predicted molar refractivity (Wildman–Crippen MR) is 109 cm³/mol. The van der Waals surface area contributed by atoms with Crippen molar-refractivity contribution < 1.29 is 22.7 Å². The van der Waals surface area contributed by atoms with Gasteiger partial charge in [0.05, 0.1) is 5.56 Å². The number of piperidine rings is 1. The molecule has 1 aliphatic rings. The molecule has 1 N–H and O–H groups in total. The van der Waals surface area contributed by atoms with Gasteiger partial charge in [-0.25, -0.2) is 0 Å². The molecule has 0 atom stereocenters. The van der Waals surface area contributed by atoms with Crippen molar-refractivity contribution >= 4 is 28.8 Å². The van der Waals surface area contributed by atoms with Crippen LogP contribution in [0.25, 0.3) is 0 Å². The summed E-state index contributed by atoms with van der Waals surface area (Å²) in [5.41, 5.74) is 0.162. The van der Waals surface area contributed by atoms with E-state index in [9.17, 15) is 18.0 Å². The maximum absolute atomic E-state index is 12.7. The summed E-state index contributed by atoms with van der Waals surface area (Å²) in [5, 5.41) is 2.41. The molecule has 0 bridgehead atoms. The molecule has 2 aromatic rings. The zero-order valence-corrected chi connectivity index (χ0v) is 16.5. The van der Waals surface area contributed by atoms with E-state index in [1.165, 1.54) is 18.6 Å². The van der Waals surface area contributed by atoms with Crippen molar-refractivity contribution in [3.05, 3.63) is 59.7 Å². The number of nitrogens with zero attached hydrogens (tertiary/aromatic N) is 1. The van der Waals surface area contributed by atoms with Gasteiger partial charge in [-0.1, -0.05) is 18.3 Å². The lowest BCUT2D eigenvalue weighted by atomic mass is 10.1. The molecule has 2 aromatic carbocycles. The van der Waals surface area contributed by atoms with Gasteiger partial charge < -0.3 is 15.0 Å². The number of likely N-dealkylation sites (tertiary alicyclic amines) is 1. The van der Waals surface area contributed by atoms with E-state index in [4.69, 9.17) is 17.0 Å². The van der Waals surface area contributed by atoms with Crippen LogP contribution in [0, 0.1) is 0 Å². The third-order valence-corrected chi connectivity index (χ3v) is 5.08. The number of alkyl halides is 3. The third-order valence-electron chi connectivity index (χ3n) is 4.59. The smallest absolute Gasteiger partial charge is 0.416 e. The summed E-state index contributed by atoms with van der Waals surface area (Å²) in [5.74, 6) is -0.0633. The van der Waals surface area contributed by atoms with E-state index in [1.807, 2.05) is 12.1 Å². The van der Waals surface area contributed by atoms with Crippen molar-refractivity contribution in [3.63, 3.8) is 0 Å². The number of halogens is 3. The number of carbonyl (C=O) groups is 1. The zero-order valence-electron chi connectivity index (χ0n) is 15.7. The summed E-state index contributed by atoms with van der Waals surface area (Å²) in [6.07, 6.45) is -0.952. The first-order chi connectivity index (χ1) is 13.8. The topological polar surface area (TPSA) is 41.6 Å². The Morgan fingerprint density at radius 2 is 1.76 bits per heavy atom. The predicted octanol–water partition coefficient (Wildman–Crippen LogP) is 4.88. The first-order valence-corrected chi connectivity index (χ1v) is 9.73. The maximum Gasteiger partial charge on any atom is 0.416 e. The Morgan fingerprint density at radius 3 is 2.41 bits per heavy atom. The standard InChI is InChI=1S/C21H21F3N2O2S/c22-21(23,24)16-5-4-6-17(13-16)25-19(27)14-28-18-9-7-15(8-10-18)20(29)26-11-2-1-3-12-26/h4-10,13H,1-3,11-12,14H2,(H,25,27). The molecule has 154 valence electrons. The highest BCUT2D eigenvalue weighted by molar-refractivity contribution is 7.80. The van der Waals surface area contributed by atoms with E-state index >= 15 is 0 Å². The second kappa shape index (κ2) is 9.26. The molecule has 0 saturated carbocycles. The van der Waals surface area contributed by atoms with Crippen LogP contribution in [-0.4, -0.2) is 35.5 Å². The van der Waals surface area contributed by atoms with Crippen molar-refractivity contribution in [1.82, 2.24) is 4.90 Å². The Hall–Kier alpha value is -2.61. The Morgan fingerprint density at radius 1 is 1.07 bits per heavy atom. The average molecular weight is 422 g/mol. The number of thiocarbonyl (C=S) groups is 1. The van der Waals surface area contributed by atoms with Gasteiger partial charge in [-0.05, 0) is 61.7 Å². The van der Waals surface area contributed by atoms with E-state index in [-0.39, 0.29) is 12.3 Å². The minimum Gasteiger partial charge on any atom is -0.484 e. The van der Waals surface area contributed by atoms with Gasteiger partial charge in [0.15, 0.2) is 6.61 Å². The van der Waals surface area contributed by atoms with Crippen molar-refractivity contribution in [2.24, 2.45) is 0 Å². The number of rotatable bonds is 5. The van der Waals surface area contributed by atoms with Gasteiger partial charge in [-0.3, -0.25) is 4.79 Å². The lowest BCUT2D eigenvalue weighted by Crippen LogP contribution is -2.34.